The Morgan fingerprint density at radius 3 is 2.16 bits per heavy atom. The van der Waals surface area contributed by atoms with Crippen molar-refractivity contribution in [3.05, 3.63) is 59.9 Å². The number of rotatable bonds is 3. The van der Waals surface area contributed by atoms with Gasteiger partial charge in [-0.3, -0.25) is 9.88 Å². The summed E-state index contributed by atoms with van der Waals surface area (Å²) in [6.45, 7) is 9.56. The molecule has 4 heteroatoms. The van der Waals surface area contributed by atoms with Crippen LogP contribution in [0, 0.1) is 0 Å². The van der Waals surface area contributed by atoms with Crippen LogP contribution >= 0.6 is 0 Å². The lowest BCUT2D eigenvalue weighted by molar-refractivity contribution is 0.0589. The van der Waals surface area contributed by atoms with E-state index in [1.807, 2.05) is 83.2 Å². The van der Waals surface area contributed by atoms with Crippen LogP contribution in [0.4, 0.5) is 10.5 Å². The van der Waals surface area contributed by atoms with Gasteiger partial charge in [-0.2, -0.15) is 0 Å². The van der Waals surface area contributed by atoms with Crippen molar-refractivity contribution < 1.29 is 9.53 Å². The fraction of sp³-hybridized carbons (Fsp3) is 0.333. The number of carbonyl (C=O) groups excluding carboxylic acids is 1. The number of hydrogen-bond donors (Lipinski definition) is 0. The Kier molecular flexibility index (Phi) is 7.86. The van der Waals surface area contributed by atoms with Gasteiger partial charge in [-0.05, 0) is 50.1 Å². The first-order valence-corrected chi connectivity index (χ1v) is 8.50. The van der Waals surface area contributed by atoms with E-state index in [2.05, 4.69) is 4.98 Å². The van der Waals surface area contributed by atoms with Crippen molar-refractivity contribution in [2.24, 2.45) is 0 Å². The minimum atomic E-state index is -0.502. The monoisotopic (exact) mass is 340 g/mol. The van der Waals surface area contributed by atoms with Crippen LogP contribution in [0.2, 0.25) is 0 Å². The second-order valence-corrected chi connectivity index (χ2v) is 6.25. The average molecular weight is 340 g/mol. The van der Waals surface area contributed by atoms with E-state index in [4.69, 9.17) is 4.74 Å². The van der Waals surface area contributed by atoms with Crippen molar-refractivity contribution in [3.63, 3.8) is 0 Å². The van der Waals surface area contributed by atoms with Crippen LogP contribution in [0.1, 0.15) is 45.7 Å². The van der Waals surface area contributed by atoms with Gasteiger partial charge in [0.15, 0.2) is 0 Å². The summed E-state index contributed by atoms with van der Waals surface area (Å²) in [5.74, 6) is 0. The third kappa shape index (κ3) is 7.21. The fourth-order valence-electron chi connectivity index (χ4n) is 1.91. The summed E-state index contributed by atoms with van der Waals surface area (Å²) < 4.78 is 5.36. The maximum absolute atomic E-state index is 12.0. The van der Waals surface area contributed by atoms with Crippen molar-refractivity contribution >= 4 is 23.9 Å². The summed E-state index contributed by atoms with van der Waals surface area (Å²) >= 11 is 0. The van der Waals surface area contributed by atoms with E-state index in [-0.39, 0.29) is 6.09 Å². The Morgan fingerprint density at radius 1 is 1.04 bits per heavy atom. The lowest BCUT2D eigenvalue weighted by Crippen LogP contribution is -2.34. The summed E-state index contributed by atoms with van der Waals surface area (Å²) in [4.78, 5) is 17.6. The van der Waals surface area contributed by atoms with Crippen LogP contribution in [-0.4, -0.2) is 23.7 Å². The molecule has 0 spiro atoms. The summed E-state index contributed by atoms with van der Waals surface area (Å²) in [5.41, 5.74) is 2.38. The minimum absolute atomic E-state index is 0.365. The molecule has 0 aliphatic rings. The SMILES string of the molecule is CC.CN(C(=O)OC(C)(C)C)c1ccc(/C=C/c2cccnc2)cc1. The number of pyridine rings is 1. The second kappa shape index (κ2) is 9.62. The topological polar surface area (TPSA) is 42.4 Å². The molecule has 4 nitrogen and oxygen atoms in total. The molecule has 0 unspecified atom stereocenters. The lowest BCUT2D eigenvalue weighted by Gasteiger charge is -2.24. The van der Waals surface area contributed by atoms with Crippen LogP contribution in [0.5, 0.6) is 0 Å². The van der Waals surface area contributed by atoms with E-state index in [0.29, 0.717) is 0 Å². The highest BCUT2D eigenvalue weighted by Crippen LogP contribution is 2.18. The standard InChI is InChI=1S/C19H22N2O2.C2H6/c1-19(2,3)23-18(22)21(4)17-11-9-15(10-12-17)7-8-16-6-5-13-20-14-16;1-2/h5-14H,1-4H3;1-2H3/b8-7+;. The Morgan fingerprint density at radius 2 is 1.64 bits per heavy atom. The third-order valence-corrected chi connectivity index (χ3v) is 3.10. The van der Waals surface area contributed by atoms with Gasteiger partial charge in [0.25, 0.3) is 0 Å². The molecule has 0 N–H and O–H groups in total. The molecule has 1 aromatic carbocycles. The van der Waals surface area contributed by atoms with Crippen molar-refractivity contribution in [1.29, 1.82) is 0 Å². The van der Waals surface area contributed by atoms with Gasteiger partial charge in [0, 0.05) is 25.1 Å². The largest absolute Gasteiger partial charge is 0.443 e. The Balaban J connectivity index is 0.00000151. The van der Waals surface area contributed by atoms with Gasteiger partial charge in [0.1, 0.15) is 5.60 Å². The van der Waals surface area contributed by atoms with Gasteiger partial charge in [0.2, 0.25) is 0 Å². The molecule has 1 aromatic heterocycles. The highest BCUT2D eigenvalue weighted by atomic mass is 16.6. The van der Waals surface area contributed by atoms with Crippen LogP contribution in [0.25, 0.3) is 12.2 Å². The van der Waals surface area contributed by atoms with Gasteiger partial charge in [-0.25, -0.2) is 4.79 Å². The predicted molar refractivity (Wildman–Crippen MR) is 106 cm³/mol. The zero-order valence-corrected chi connectivity index (χ0v) is 16.0. The molecular formula is C21H28N2O2. The fourth-order valence-corrected chi connectivity index (χ4v) is 1.91. The van der Waals surface area contributed by atoms with E-state index >= 15 is 0 Å². The molecule has 0 fully saturated rings. The molecule has 0 aliphatic carbocycles. The Hall–Kier alpha value is -2.62. The number of hydrogen-bond acceptors (Lipinski definition) is 3. The van der Waals surface area contributed by atoms with E-state index < -0.39 is 5.60 Å². The van der Waals surface area contributed by atoms with E-state index in [1.54, 1.807) is 19.4 Å². The molecule has 2 rings (SSSR count). The molecule has 2 aromatic rings. The number of carbonyl (C=O) groups is 1. The summed E-state index contributed by atoms with van der Waals surface area (Å²) in [7, 11) is 1.70. The Labute approximate surface area is 151 Å². The van der Waals surface area contributed by atoms with Gasteiger partial charge in [0.05, 0.1) is 0 Å². The quantitative estimate of drug-likeness (QED) is 0.725. The molecule has 0 saturated heterocycles. The van der Waals surface area contributed by atoms with Crippen molar-refractivity contribution in [3.8, 4) is 0 Å². The zero-order chi connectivity index (χ0) is 18.9. The summed E-state index contributed by atoms with van der Waals surface area (Å²) in [5, 5.41) is 0. The van der Waals surface area contributed by atoms with Crippen LogP contribution < -0.4 is 4.90 Å². The van der Waals surface area contributed by atoms with Gasteiger partial charge in [-0.15, -0.1) is 0 Å². The van der Waals surface area contributed by atoms with E-state index in [1.165, 1.54) is 4.90 Å². The summed E-state index contributed by atoms with van der Waals surface area (Å²) in [6.07, 6.45) is 7.20. The number of aromatic nitrogens is 1. The second-order valence-electron chi connectivity index (χ2n) is 6.25. The first-order valence-electron chi connectivity index (χ1n) is 8.50. The highest BCUT2D eigenvalue weighted by Gasteiger charge is 2.20. The third-order valence-electron chi connectivity index (χ3n) is 3.10. The van der Waals surface area contributed by atoms with Crippen LogP contribution in [0.3, 0.4) is 0 Å². The Bertz CT molecular complexity index is 671. The minimum Gasteiger partial charge on any atom is -0.443 e. The number of anilines is 1. The number of amides is 1. The maximum atomic E-state index is 12.0. The first-order chi connectivity index (χ1) is 11.8. The van der Waals surface area contributed by atoms with E-state index in [0.717, 1.165) is 16.8 Å². The van der Waals surface area contributed by atoms with Crippen LogP contribution in [0.15, 0.2) is 48.8 Å². The molecule has 0 aliphatic heterocycles. The van der Waals surface area contributed by atoms with Gasteiger partial charge >= 0.3 is 6.09 Å². The highest BCUT2D eigenvalue weighted by molar-refractivity contribution is 5.87. The van der Waals surface area contributed by atoms with Gasteiger partial charge < -0.3 is 4.74 Å². The molecule has 0 atom stereocenters. The lowest BCUT2D eigenvalue weighted by atomic mass is 10.1. The van der Waals surface area contributed by atoms with Gasteiger partial charge in [-0.1, -0.05) is 44.2 Å². The smallest absolute Gasteiger partial charge is 0.414 e. The molecule has 0 bridgehead atoms. The van der Waals surface area contributed by atoms with Crippen molar-refractivity contribution in [1.82, 2.24) is 4.98 Å². The van der Waals surface area contributed by atoms with Crippen LogP contribution in [-0.2, 0) is 4.74 Å². The predicted octanol–water partition coefficient (Wildman–Crippen LogP) is 5.65. The first kappa shape index (κ1) is 20.4. The van der Waals surface area contributed by atoms with Crippen molar-refractivity contribution in [2.45, 2.75) is 40.2 Å². The number of benzene rings is 1. The number of nitrogens with zero attached hydrogens (tertiary/aromatic N) is 2. The molecule has 25 heavy (non-hydrogen) atoms. The molecule has 0 radical (unpaired) electrons. The summed E-state index contributed by atoms with van der Waals surface area (Å²) in [6, 6.07) is 11.6. The normalized spacial score (nSPS) is 10.8. The number of ether oxygens (including phenoxy) is 1. The molecular weight excluding hydrogens is 312 g/mol. The van der Waals surface area contributed by atoms with E-state index in [9.17, 15) is 4.79 Å². The average Bonchev–Trinajstić information content (AvgIpc) is 2.61. The maximum Gasteiger partial charge on any atom is 0.414 e. The van der Waals surface area contributed by atoms with Crippen molar-refractivity contribution in [2.75, 3.05) is 11.9 Å². The molecule has 134 valence electrons. The molecule has 1 amide bonds. The molecule has 1 heterocycles. The molecule has 0 saturated carbocycles. The zero-order valence-electron chi connectivity index (χ0n) is 16.0.